The zero-order valence-corrected chi connectivity index (χ0v) is 14.0. The molecule has 0 fully saturated rings. The van der Waals surface area contributed by atoms with Crippen LogP contribution in [0, 0.1) is 0 Å². The number of hydrogen-bond donors (Lipinski definition) is 1. The van der Waals surface area contributed by atoms with Gasteiger partial charge in [0.15, 0.2) is 6.61 Å². The molecule has 0 bridgehead atoms. The van der Waals surface area contributed by atoms with E-state index < -0.39 is 0 Å². The van der Waals surface area contributed by atoms with Crippen LogP contribution in [-0.2, 0) is 17.6 Å². The topological polar surface area (TPSA) is 47.6 Å². The highest BCUT2D eigenvalue weighted by Crippen LogP contribution is 2.18. The molecule has 126 valence electrons. The van der Waals surface area contributed by atoms with Crippen LogP contribution in [-0.4, -0.2) is 26.2 Å². The van der Waals surface area contributed by atoms with E-state index in [4.69, 9.17) is 9.47 Å². The molecule has 0 atom stereocenters. The molecule has 24 heavy (non-hydrogen) atoms. The van der Waals surface area contributed by atoms with Crippen molar-refractivity contribution in [1.82, 2.24) is 5.32 Å². The maximum Gasteiger partial charge on any atom is 0.257 e. The van der Waals surface area contributed by atoms with Gasteiger partial charge in [-0.05, 0) is 42.2 Å². The van der Waals surface area contributed by atoms with Gasteiger partial charge in [-0.3, -0.25) is 4.79 Å². The van der Waals surface area contributed by atoms with Crippen LogP contribution in [0.3, 0.4) is 0 Å². The largest absolute Gasteiger partial charge is 0.497 e. The fraction of sp³-hybridized carbons (Fsp3) is 0.250. The minimum absolute atomic E-state index is 0.0107. The Kier molecular flexibility index (Phi) is 6.90. The van der Waals surface area contributed by atoms with Crippen LogP contribution in [0.5, 0.6) is 11.5 Å². The second-order valence-corrected chi connectivity index (χ2v) is 5.34. The van der Waals surface area contributed by atoms with Crippen molar-refractivity contribution in [2.24, 2.45) is 0 Å². The summed E-state index contributed by atoms with van der Waals surface area (Å²) in [5.41, 5.74) is 2.17. The van der Waals surface area contributed by atoms with Crippen LogP contribution < -0.4 is 14.8 Å². The van der Waals surface area contributed by atoms with Gasteiger partial charge in [0.1, 0.15) is 11.5 Å². The Balaban J connectivity index is 1.74. The van der Waals surface area contributed by atoms with Gasteiger partial charge in [0.05, 0.1) is 7.11 Å². The van der Waals surface area contributed by atoms with E-state index in [1.807, 2.05) is 54.6 Å². The van der Waals surface area contributed by atoms with Crippen LogP contribution in [0.1, 0.15) is 11.1 Å². The summed E-state index contributed by atoms with van der Waals surface area (Å²) in [4.78, 5) is 11.9. The van der Waals surface area contributed by atoms with Crippen LogP contribution >= 0.6 is 0 Å². The van der Waals surface area contributed by atoms with Gasteiger partial charge >= 0.3 is 0 Å². The van der Waals surface area contributed by atoms with Crippen molar-refractivity contribution in [3.05, 3.63) is 72.3 Å². The molecule has 2 aromatic rings. The van der Waals surface area contributed by atoms with Crippen LogP contribution in [0.4, 0.5) is 0 Å². The number of carbonyl (C=O) groups is 1. The minimum Gasteiger partial charge on any atom is -0.497 e. The van der Waals surface area contributed by atoms with Crippen LogP contribution in [0.2, 0.25) is 0 Å². The summed E-state index contributed by atoms with van der Waals surface area (Å²) in [7, 11) is 1.64. The summed E-state index contributed by atoms with van der Waals surface area (Å²) < 4.78 is 10.7. The van der Waals surface area contributed by atoms with E-state index in [2.05, 4.69) is 11.9 Å². The fourth-order valence-electron chi connectivity index (χ4n) is 2.30. The van der Waals surface area contributed by atoms with Crippen molar-refractivity contribution in [2.75, 3.05) is 20.3 Å². The number of rotatable bonds is 9. The Morgan fingerprint density at radius 1 is 1.17 bits per heavy atom. The first kappa shape index (κ1) is 17.6. The lowest BCUT2D eigenvalue weighted by atomic mass is 10.1. The van der Waals surface area contributed by atoms with Gasteiger partial charge < -0.3 is 14.8 Å². The Hall–Kier alpha value is -2.75. The second-order valence-electron chi connectivity index (χ2n) is 5.34. The predicted molar refractivity (Wildman–Crippen MR) is 95.5 cm³/mol. The quantitative estimate of drug-likeness (QED) is 0.721. The highest BCUT2D eigenvalue weighted by molar-refractivity contribution is 5.77. The number of benzene rings is 2. The van der Waals surface area contributed by atoms with Gasteiger partial charge in [-0.15, -0.1) is 6.58 Å². The van der Waals surface area contributed by atoms with E-state index in [1.165, 1.54) is 0 Å². The van der Waals surface area contributed by atoms with Crippen LogP contribution in [0.25, 0.3) is 0 Å². The summed E-state index contributed by atoms with van der Waals surface area (Å²) >= 11 is 0. The van der Waals surface area contributed by atoms with Crippen molar-refractivity contribution in [3.63, 3.8) is 0 Å². The van der Waals surface area contributed by atoms with Gasteiger partial charge in [0.25, 0.3) is 5.91 Å². The molecule has 4 heteroatoms. The van der Waals surface area contributed by atoms with E-state index in [-0.39, 0.29) is 12.5 Å². The molecular formula is C20H23NO3. The van der Waals surface area contributed by atoms with Gasteiger partial charge in [0.2, 0.25) is 0 Å². The van der Waals surface area contributed by atoms with Gasteiger partial charge in [0, 0.05) is 6.54 Å². The molecule has 0 aliphatic rings. The molecule has 1 amide bonds. The number of hydrogen-bond acceptors (Lipinski definition) is 3. The third kappa shape index (κ3) is 5.47. The molecule has 4 nitrogen and oxygen atoms in total. The van der Waals surface area contributed by atoms with E-state index >= 15 is 0 Å². The lowest BCUT2D eigenvalue weighted by Gasteiger charge is -2.10. The summed E-state index contributed by atoms with van der Waals surface area (Å²) in [5.74, 6) is 1.42. The minimum atomic E-state index is -0.128. The Labute approximate surface area is 143 Å². The summed E-state index contributed by atoms with van der Waals surface area (Å²) in [5, 5.41) is 2.87. The van der Waals surface area contributed by atoms with Crippen molar-refractivity contribution >= 4 is 5.91 Å². The van der Waals surface area contributed by atoms with Crippen LogP contribution in [0.15, 0.2) is 61.2 Å². The predicted octanol–water partition coefficient (Wildman–Crippen LogP) is 3.16. The van der Waals surface area contributed by atoms with Crippen molar-refractivity contribution < 1.29 is 14.3 Å². The molecule has 1 N–H and O–H groups in total. The zero-order valence-electron chi connectivity index (χ0n) is 14.0. The first-order valence-corrected chi connectivity index (χ1v) is 7.94. The SMILES string of the molecule is C=CCc1ccccc1OCC(=O)NCCc1ccc(OC)cc1. The molecule has 2 rings (SSSR count). The highest BCUT2D eigenvalue weighted by atomic mass is 16.5. The first-order chi connectivity index (χ1) is 11.7. The first-order valence-electron chi connectivity index (χ1n) is 7.94. The Morgan fingerprint density at radius 3 is 2.62 bits per heavy atom. The molecule has 0 aliphatic heterocycles. The number of nitrogens with one attached hydrogen (secondary N) is 1. The number of methoxy groups -OCH3 is 1. The number of amides is 1. The summed E-state index contributed by atoms with van der Waals surface area (Å²) in [6, 6.07) is 15.5. The molecule has 0 unspecified atom stereocenters. The average Bonchev–Trinajstić information content (AvgIpc) is 2.62. The van der Waals surface area contributed by atoms with E-state index in [0.29, 0.717) is 6.54 Å². The lowest BCUT2D eigenvalue weighted by Crippen LogP contribution is -2.30. The summed E-state index contributed by atoms with van der Waals surface area (Å²) in [6.45, 7) is 4.31. The number of carbonyl (C=O) groups excluding carboxylic acids is 1. The standard InChI is InChI=1S/C20H23NO3/c1-3-6-17-7-4-5-8-19(17)24-15-20(22)21-14-13-16-9-11-18(23-2)12-10-16/h3-5,7-12H,1,6,13-15H2,2H3,(H,21,22). The van der Waals surface area contributed by atoms with Gasteiger partial charge in [-0.1, -0.05) is 36.4 Å². The number of ether oxygens (including phenoxy) is 2. The number of para-hydroxylation sites is 1. The molecule has 0 heterocycles. The van der Waals surface area contributed by atoms with Gasteiger partial charge in [-0.2, -0.15) is 0 Å². The Morgan fingerprint density at radius 2 is 1.92 bits per heavy atom. The fourth-order valence-corrected chi connectivity index (χ4v) is 2.30. The maximum absolute atomic E-state index is 11.9. The van der Waals surface area contributed by atoms with E-state index in [1.54, 1.807) is 7.11 Å². The van der Waals surface area contributed by atoms with E-state index in [9.17, 15) is 4.79 Å². The molecule has 0 saturated heterocycles. The third-order valence-electron chi connectivity index (χ3n) is 3.59. The maximum atomic E-state index is 11.9. The molecule has 0 radical (unpaired) electrons. The number of allylic oxidation sites excluding steroid dienone is 1. The lowest BCUT2D eigenvalue weighted by molar-refractivity contribution is -0.123. The van der Waals surface area contributed by atoms with Crippen molar-refractivity contribution in [3.8, 4) is 11.5 Å². The van der Waals surface area contributed by atoms with Gasteiger partial charge in [-0.25, -0.2) is 0 Å². The van der Waals surface area contributed by atoms with Crippen molar-refractivity contribution in [1.29, 1.82) is 0 Å². The second kappa shape index (κ2) is 9.40. The third-order valence-corrected chi connectivity index (χ3v) is 3.59. The molecular weight excluding hydrogens is 302 g/mol. The smallest absolute Gasteiger partial charge is 0.257 e. The molecule has 0 aromatic heterocycles. The molecule has 0 aliphatic carbocycles. The normalized spacial score (nSPS) is 10.0. The van der Waals surface area contributed by atoms with Crippen molar-refractivity contribution in [2.45, 2.75) is 12.8 Å². The monoisotopic (exact) mass is 325 g/mol. The molecule has 2 aromatic carbocycles. The summed E-state index contributed by atoms with van der Waals surface area (Å²) in [6.07, 6.45) is 3.30. The molecule has 0 spiro atoms. The Bertz CT molecular complexity index is 665. The highest BCUT2D eigenvalue weighted by Gasteiger charge is 2.05. The zero-order chi connectivity index (χ0) is 17.2. The average molecular weight is 325 g/mol. The molecule has 0 saturated carbocycles. The van der Waals surface area contributed by atoms with E-state index in [0.717, 1.165) is 35.5 Å².